The van der Waals surface area contributed by atoms with Gasteiger partial charge in [-0.15, -0.1) is 0 Å². The maximum atomic E-state index is 11.5. The van der Waals surface area contributed by atoms with Crippen molar-refractivity contribution in [2.24, 2.45) is 5.92 Å². The Balaban J connectivity index is 3.87. The zero-order valence-corrected chi connectivity index (χ0v) is 9.84. The molecule has 15 heavy (non-hydrogen) atoms. The molecule has 4 nitrogen and oxygen atoms in total. The Bertz CT molecular complexity index is 204. The van der Waals surface area contributed by atoms with Crippen LogP contribution >= 0.6 is 0 Å². The number of carbonyl (C=O) groups is 2. The Hall–Kier alpha value is -1.06. The van der Waals surface area contributed by atoms with E-state index in [2.05, 4.69) is 17.2 Å². The van der Waals surface area contributed by atoms with Crippen LogP contribution in [0.5, 0.6) is 0 Å². The van der Waals surface area contributed by atoms with E-state index in [0.29, 0.717) is 0 Å². The molecule has 0 fully saturated rings. The SMILES string of the molecule is CCCCC(CC)C(=O)NOC(=O)CC. The number of unbranched alkanes of at least 4 members (excludes halogenated alkanes) is 1. The Labute approximate surface area is 91.3 Å². The smallest absolute Gasteiger partial charge is 0.331 e. The zero-order valence-electron chi connectivity index (χ0n) is 9.84. The van der Waals surface area contributed by atoms with Crippen molar-refractivity contribution in [1.29, 1.82) is 0 Å². The molecular formula is C11H21NO3. The van der Waals surface area contributed by atoms with Crippen molar-refractivity contribution in [2.45, 2.75) is 52.9 Å². The van der Waals surface area contributed by atoms with Crippen LogP contribution in [0.3, 0.4) is 0 Å². The molecule has 0 saturated heterocycles. The summed E-state index contributed by atoms with van der Waals surface area (Å²) in [6, 6.07) is 0. The molecule has 1 atom stereocenters. The normalized spacial score (nSPS) is 11.9. The molecular weight excluding hydrogens is 194 g/mol. The summed E-state index contributed by atoms with van der Waals surface area (Å²) in [4.78, 5) is 26.9. The number of hydrogen-bond donors (Lipinski definition) is 1. The first kappa shape index (κ1) is 13.9. The van der Waals surface area contributed by atoms with Gasteiger partial charge in [0.1, 0.15) is 0 Å². The predicted octanol–water partition coefficient (Wildman–Crippen LogP) is 2.19. The highest BCUT2D eigenvalue weighted by atomic mass is 16.7. The molecule has 0 aromatic rings. The van der Waals surface area contributed by atoms with Crippen LogP contribution in [0.25, 0.3) is 0 Å². The standard InChI is InChI=1S/C11H21NO3/c1-4-7-8-9(5-2)11(14)12-15-10(13)6-3/h9H,4-8H2,1-3H3,(H,12,14). The van der Waals surface area contributed by atoms with Crippen LogP contribution in [-0.4, -0.2) is 11.9 Å². The van der Waals surface area contributed by atoms with E-state index in [1.54, 1.807) is 6.92 Å². The first-order chi connectivity index (χ1) is 7.15. The van der Waals surface area contributed by atoms with E-state index in [1.165, 1.54) is 0 Å². The highest BCUT2D eigenvalue weighted by Gasteiger charge is 2.16. The molecule has 1 unspecified atom stereocenters. The topological polar surface area (TPSA) is 55.4 Å². The monoisotopic (exact) mass is 215 g/mol. The van der Waals surface area contributed by atoms with E-state index in [9.17, 15) is 9.59 Å². The van der Waals surface area contributed by atoms with E-state index < -0.39 is 5.97 Å². The number of nitrogens with one attached hydrogen (secondary N) is 1. The summed E-state index contributed by atoms with van der Waals surface area (Å²) >= 11 is 0. The molecule has 0 aliphatic rings. The third kappa shape index (κ3) is 6.10. The van der Waals surface area contributed by atoms with Gasteiger partial charge in [-0.25, -0.2) is 4.79 Å². The Morgan fingerprint density at radius 1 is 1.27 bits per heavy atom. The van der Waals surface area contributed by atoms with Gasteiger partial charge >= 0.3 is 5.97 Å². The quantitative estimate of drug-likeness (QED) is 0.691. The molecule has 88 valence electrons. The maximum absolute atomic E-state index is 11.5. The summed E-state index contributed by atoms with van der Waals surface area (Å²) in [7, 11) is 0. The number of hydrogen-bond acceptors (Lipinski definition) is 3. The highest BCUT2D eigenvalue weighted by molar-refractivity contribution is 5.79. The van der Waals surface area contributed by atoms with Crippen molar-refractivity contribution < 1.29 is 14.4 Å². The third-order valence-electron chi connectivity index (χ3n) is 2.32. The molecule has 0 bridgehead atoms. The molecule has 0 spiro atoms. The van der Waals surface area contributed by atoms with Gasteiger partial charge in [0.15, 0.2) is 0 Å². The van der Waals surface area contributed by atoms with Crippen LogP contribution in [0.2, 0.25) is 0 Å². The summed E-state index contributed by atoms with van der Waals surface area (Å²) in [5, 5.41) is 0. The number of amides is 1. The molecule has 0 rings (SSSR count). The second-order valence-electron chi connectivity index (χ2n) is 3.54. The summed E-state index contributed by atoms with van der Waals surface area (Å²) in [5.74, 6) is -0.643. The molecule has 0 aliphatic heterocycles. The minimum absolute atomic E-state index is 0.0467. The summed E-state index contributed by atoms with van der Waals surface area (Å²) in [5.41, 5.74) is 2.20. The Kier molecular flexibility index (Phi) is 7.68. The van der Waals surface area contributed by atoms with Gasteiger partial charge in [-0.2, -0.15) is 5.48 Å². The first-order valence-electron chi connectivity index (χ1n) is 5.65. The van der Waals surface area contributed by atoms with E-state index in [1.807, 2.05) is 6.92 Å². The largest absolute Gasteiger partial charge is 0.341 e. The number of rotatable bonds is 6. The second kappa shape index (κ2) is 8.26. The van der Waals surface area contributed by atoms with Crippen molar-refractivity contribution in [1.82, 2.24) is 5.48 Å². The molecule has 0 aromatic carbocycles. The van der Waals surface area contributed by atoms with Gasteiger partial charge in [0, 0.05) is 12.3 Å². The van der Waals surface area contributed by atoms with Crippen LogP contribution in [0.4, 0.5) is 0 Å². The molecule has 4 heteroatoms. The van der Waals surface area contributed by atoms with E-state index in [0.717, 1.165) is 25.7 Å². The molecule has 0 heterocycles. The number of carbonyl (C=O) groups excluding carboxylic acids is 2. The molecule has 0 aliphatic carbocycles. The van der Waals surface area contributed by atoms with Crippen molar-refractivity contribution >= 4 is 11.9 Å². The lowest BCUT2D eigenvalue weighted by atomic mass is 9.99. The average molecular weight is 215 g/mol. The molecule has 0 saturated carbocycles. The Morgan fingerprint density at radius 3 is 2.40 bits per heavy atom. The summed E-state index contributed by atoms with van der Waals surface area (Å²) in [6.45, 7) is 5.73. The Morgan fingerprint density at radius 2 is 1.93 bits per heavy atom. The fourth-order valence-corrected chi connectivity index (χ4v) is 1.23. The van der Waals surface area contributed by atoms with Gasteiger partial charge in [-0.05, 0) is 12.8 Å². The third-order valence-corrected chi connectivity index (χ3v) is 2.32. The molecule has 0 aromatic heterocycles. The van der Waals surface area contributed by atoms with E-state index in [4.69, 9.17) is 0 Å². The molecule has 1 amide bonds. The van der Waals surface area contributed by atoms with Gasteiger partial charge in [-0.1, -0.05) is 33.6 Å². The van der Waals surface area contributed by atoms with Crippen molar-refractivity contribution in [3.05, 3.63) is 0 Å². The minimum atomic E-state index is -0.409. The van der Waals surface area contributed by atoms with Crippen molar-refractivity contribution in [2.75, 3.05) is 0 Å². The van der Waals surface area contributed by atoms with Gasteiger partial charge < -0.3 is 4.84 Å². The highest BCUT2D eigenvalue weighted by Crippen LogP contribution is 2.12. The van der Waals surface area contributed by atoms with Crippen LogP contribution in [0.1, 0.15) is 52.9 Å². The van der Waals surface area contributed by atoms with Crippen molar-refractivity contribution in [3.8, 4) is 0 Å². The van der Waals surface area contributed by atoms with Gasteiger partial charge in [0.05, 0.1) is 0 Å². The summed E-state index contributed by atoms with van der Waals surface area (Å²) in [6.07, 6.45) is 3.98. The molecule has 0 radical (unpaired) electrons. The zero-order chi connectivity index (χ0) is 11.7. The van der Waals surface area contributed by atoms with Gasteiger partial charge in [-0.3, -0.25) is 4.79 Å². The average Bonchev–Trinajstić information content (AvgIpc) is 2.26. The second-order valence-corrected chi connectivity index (χ2v) is 3.54. The van der Waals surface area contributed by atoms with E-state index >= 15 is 0 Å². The predicted molar refractivity (Wildman–Crippen MR) is 57.8 cm³/mol. The lowest BCUT2D eigenvalue weighted by Crippen LogP contribution is -2.32. The fourth-order valence-electron chi connectivity index (χ4n) is 1.23. The van der Waals surface area contributed by atoms with Crippen LogP contribution in [0, 0.1) is 5.92 Å². The van der Waals surface area contributed by atoms with Crippen LogP contribution in [0.15, 0.2) is 0 Å². The minimum Gasteiger partial charge on any atom is -0.341 e. The first-order valence-corrected chi connectivity index (χ1v) is 5.65. The lowest BCUT2D eigenvalue weighted by Gasteiger charge is -2.13. The number of hydroxylamine groups is 1. The van der Waals surface area contributed by atoms with Crippen LogP contribution in [-0.2, 0) is 14.4 Å². The van der Waals surface area contributed by atoms with Gasteiger partial charge in [0.2, 0.25) is 0 Å². The fraction of sp³-hybridized carbons (Fsp3) is 0.818. The van der Waals surface area contributed by atoms with Crippen molar-refractivity contribution in [3.63, 3.8) is 0 Å². The van der Waals surface area contributed by atoms with E-state index in [-0.39, 0.29) is 18.2 Å². The lowest BCUT2D eigenvalue weighted by molar-refractivity contribution is -0.159. The van der Waals surface area contributed by atoms with Gasteiger partial charge in [0.25, 0.3) is 5.91 Å². The molecule has 1 N–H and O–H groups in total. The van der Waals surface area contributed by atoms with Crippen LogP contribution < -0.4 is 5.48 Å². The summed E-state index contributed by atoms with van der Waals surface area (Å²) < 4.78 is 0. The maximum Gasteiger partial charge on any atom is 0.331 e.